The number of hydrogen-bond donors (Lipinski definition) is 1. The molecule has 2 atom stereocenters. The van der Waals surface area contributed by atoms with Crippen molar-refractivity contribution in [3.63, 3.8) is 0 Å². The molecule has 8 heteroatoms. The summed E-state index contributed by atoms with van der Waals surface area (Å²) in [6.07, 6.45) is 0.974. The molecule has 1 aliphatic rings. The van der Waals surface area contributed by atoms with Gasteiger partial charge in [-0.05, 0) is 54.1 Å². The fourth-order valence-corrected chi connectivity index (χ4v) is 4.67. The Morgan fingerprint density at radius 1 is 1.35 bits per heavy atom. The van der Waals surface area contributed by atoms with Gasteiger partial charge < -0.3 is 19.5 Å². The second kappa shape index (κ2) is 11.6. The Morgan fingerprint density at radius 2 is 2.13 bits per heavy atom. The number of benzene rings is 1. The minimum Gasteiger partial charge on any atom is -0.491 e. The largest absolute Gasteiger partial charge is 0.491 e. The monoisotopic (exact) mass is 450 g/mol. The Balaban J connectivity index is 1.71. The molecule has 0 spiro atoms. The number of nitrogens with zero attached hydrogens (tertiary/aromatic N) is 2. The standard InChI is InChI=1S/C23H31FN2O4S/c1-3-18(27)14-25(11-12-29-2)15-23(28)26-10-8-22-20(9-13-31-22)21(26)16-30-19-6-4-17(24)5-7-19/h4-7,9,13,18,21,27H,3,8,10-12,14-16H2,1-2H3/t18-,21-/m1/s1. The van der Waals surface area contributed by atoms with Gasteiger partial charge >= 0.3 is 0 Å². The summed E-state index contributed by atoms with van der Waals surface area (Å²) in [7, 11) is 1.63. The van der Waals surface area contributed by atoms with Gasteiger partial charge in [0.05, 0.1) is 25.3 Å². The third kappa shape index (κ3) is 6.49. The third-order valence-electron chi connectivity index (χ3n) is 5.55. The number of methoxy groups -OCH3 is 1. The molecule has 1 aromatic heterocycles. The molecule has 6 nitrogen and oxygen atoms in total. The van der Waals surface area contributed by atoms with Crippen molar-refractivity contribution in [3.05, 3.63) is 52.0 Å². The van der Waals surface area contributed by atoms with E-state index in [1.54, 1.807) is 30.6 Å². The first-order chi connectivity index (χ1) is 15.0. The smallest absolute Gasteiger partial charge is 0.237 e. The minimum atomic E-state index is -0.480. The topological polar surface area (TPSA) is 62.2 Å². The van der Waals surface area contributed by atoms with Gasteiger partial charge in [-0.3, -0.25) is 9.69 Å². The van der Waals surface area contributed by atoms with Crippen LogP contribution in [0.2, 0.25) is 0 Å². The Labute approximate surface area is 187 Å². The van der Waals surface area contributed by atoms with E-state index in [2.05, 4.69) is 6.07 Å². The number of hydrogen-bond acceptors (Lipinski definition) is 6. The fourth-order valence-electron chi connectivity index (χ4n) is 3.75. The molecule has 170 valence electrons. The van der Waals surface area contributed by atoms with Crippen LogP contribution in [0.3, 0.4) is 0 Å². The van der Waals surface area contributed by atoms with Crippen LogP contribution in [0.4, 0.5) is 4.39 Å². The quantitative estimate of drug-likeness (QED) is 0.570. The molecule has 0 unspecified atom stereocenters. The van der Waals surface area contributed by atoms with Crippen LogP contribution in [0.1, 0.15) is 29.8 Å². The zero-order valence-corrected chi connectivity index (χ0v) is 18.9. The molecular formula is C23H31FN2O4S. The van der Waals surface area contributed by atoms with E-state index in [-0.39, 0.29) is 24.3 Å². The third-order valence-corrected chi connectivity index (χ3v) is 6.54. The van der Waals surface area contributed by atoms with Gasteiger partial charge in [0.25, 0.3) is 0 Å². The molecule has 0 aliphatic carbocycles. The number of thiophene rings is 1. The second-order valence-electron chi connectivity index (χ2n) is 7.71. The normalized spacial score (nSPS) is 16.9. The van der Waals surface area contributed by atoms with Crippen LogP contribution in [-0.2, 0) is 16.0 Å². The predicted molar refractivity (Wildman–Crippen MR) is 119 cm³/mol. The average molecular weight is 451 g/mol. The van der Waals surface area contributed by atoms with Crippen molar-refractivity contribution >= 4 is 17.2 Å². The summed E-state index contributed by atoms with van der Waals surface area (Å²) in [6.45, 7) is 4.57. The molecule has 1 aliphatic heterocycles. The van der Waals surface area contributed by atoms with Gasteiger partial charge in [-0.15, -0.1) is 11.3 Å². The van der Waals surface area contributed by atoms with E-state index < -0.39 is 6.10 Å². The molecule has 3 rings (SSSR count). The van der Waals surface area contributed by atoms with Crippen LogP contribution in [0, 0.1) is 5.82 Å². The molecule has 0 fully saturated rings. The van der Waals surface area contributed by atoms with E-state index in [1.165, 1.54) is 17.0 Å². The number of aliphatic hydroxyl groups is 1. The summed E-state index contributed by atoms with van der Waals surface area (Å²) in [4.78, 5) is 18.4. The number of carbonyl (C=O) groups is 1. The van der Waals surface area contributed by atoms with Gasteiger partial charge in [0.15, 0.2) is 0 Å². The van der Waals surface area contributed by atoms with Crippen molar-refractivity contribution in [2.45, 2.75) is 31.9 Å². The molecule has 2 heterocycles. The van der Waals surface area contributed by atoms with E-state index in [1.807, 2.05) is 22.1 Å². The van der Waals surface area contributed by atoms with Gasteiger partial charge in [0.1, 0.15) is 18.2 Å². The van der Waals surface area contributed by atoms with Gasteiger partial charge in [-0.25, -0.2) is 4.39 Å². The highest BCUT2D eigenvalue weighted by Crippen LogP contribution is 2.34. The zero-order valence-electron chi connectivity index (χ0n) is 18.1. The number of aliphatic hydroxyl groups excluding tert-OH is 1. The lowest BCUT2D eigenvalue weighted by Gasteiger charge is -2.37. The Kier molecular flexibility index (Phi) is 8.83. The Hall–Kier alpha value is -2.00. The second-order valence-corrected chi connectivity index (χ2v) is 8.71. The first kappa shape index (κ1) is 23.7. The van der Waals surface area contributed by atoms with E-state index in [0.29, 0.717) is 45.0 Å². The van der Waals surface area contributed by atoms with Gasteiger partial charge in [0.2, 0.25) is 5.91 Å². The van der Waals surface area contributed by atoms with Crippen molar-refractivity contribution in [1.29, 1.82) is 0 Å². The first-order valence-corrected chi connectivity index (χ1v) is 11.5. The maximum absolute atomic E-state index is 13.3. The maximum atomic E-state index is 13.3. The van der Waals surface area contributed by atoms with Crippen LogP contribution < -0.4 is 4.74 Å². The SMILES string of the molecule is CC[C@@H](O)CN(CCOC)CC(=O)N1CCc2sccc2[C@H]1COc1ccc(F)cc1. The molecule has 1 amide bonds. The molecule has 1 aromatic carbocycles. The van der Waals surface area contributed by atoms with Crippen molar-refractivity contribution < 1.29 is 23.8 Å². The van der Waals surface area contributed by atoms with Crippen molar-refractivity contribution in [2.24, 2.45) is 0 Å². The van der Waals surface area contributed by atoms with E-state index in [4.69, 9.17) is 9.47 Å². The van der Waals surface area contributed by atoms with Gasteiger partial charge in [0, 0.05) is 31.6 Å². The Bertz CT molecular complexity index is 829. The van der Waals surface area contributed by atoms with Crippen molar-refractivity contribution in [2.75, 3.05) is 46.5 Å². The lowest BCUT2D eigenvalue weighted by atomic mass is 10.0. The highest BCUT2D eigenvalue weighted by Gasteiger charge is 2.33. The lowest BCUT2D eigenvalue weighted by Crippen LogP contribution is -2.48. The Morgan fingerprint density at radius 3 is 2.84 bits per heavy atom. The molecule has 31 heavy (non-hydrogen) atoms. The van der Waals surface area contributed by atoms with Gasteiger partial charge in [-0.2, -0.15) is 0 Å². The van der Waals surface area contributed by atoms with Crippen LogP contribution in [0.25, 0.3) is 0 Å². The minimum absolute atomic E-state index is 0.00367. The number of carbonyl (C=O) groups excluding carboxylic acids is 1. The van der Waals surface area contributed by atoms with E-state index in [0.717, 1.165) is 12.0 Å². The average Bonchev–Trinajstić information content (AvgIpc) is 3.25. The highest BCUT2D eigenvalue weighted by atomic mass is 32.1. The summed E-state index contributed by atoms with van der Waals surface area (Å²) in [5.74, 6) is 0.264. The number of rotatable bonds is 11. The molecule has 0 saturated heterocycles. The molecule has 2 aromatic rings. The zero-order chi connectivity index (χ0) is 22.2. The van der Waals surface area contributed by atoms with Gasteiger partial charge in [-0.1, -0.05) is 6.92 Å². The van der Waals surface area contributed by atoms with E-state index >= 15 is 0 Å². The number of amides is 1. The number of fused-ring (bicyclic) bond motifs is 1. The van der Waals surface area contributed by atoms with Crippen molar-refractivity contribution in [1.82, 2.24) is 9.80 Å². The molecule has 0 saturated carbocycles. The fraction of sp³-hybridized carbons (Fsp3) is 0.522. The molecule has 0 bridgehead atoms. The number of ether oxygens (including phenoxy) is 2. The van der Waals surface area contributed by atoms with Crippen LogP contribution in [0.15, 0.2) is 35.7 Å². The van der Waals surface area contributed by atoms with Crippen LogP contribution in [0.5, 0.6) is 5.75 Å². The van der Waals surface area contributed by atoms with Crippen molar-refractivity contribution in [3.8, 4) is 5.75 Å². The van der Waals surface area contributed by atoms with Crippen LogP contribution >= 0.6 is 11.3 Å². The van der Waals surface area contributed by atoms with Crippen LogP contribution in [-0.4, -0.2) is 73.4 Å². The summed E-state index contributed by atoms with van der Waals surface area (Å²) in [5, 5.41) is 12.1. The summed E-state index contributed by atoms with van der Waals surface area (Å²) >= 11 is 1.70. The summed E-state index contributed by atoms with van der Waals surface area (Å²) in [6, 6.07) is 7.77. The number of halogens is 1. The maximum Gasteiger partial charge on any atom is 0.237 e. The molecular weight excluding hydrogens is 419 g/mol. The van der Waals surface area contributed by atoms with E-state index in [9.17, 15) is 14.3 Å². The lowest BCUT2D eigenvalue weighted by molar-refractivity contribution is -0.136. The summed E-state index contributed by atoms with van der Waals surface area (Å²) < 4.78 is 24.3. The molecule has 0 radical (unpaired) electrons. The molecule has 1 N–H and O–H groups in total. The predicted octanol–water partition coefficient (Wildman–Crippen LogP) is 3.11. The first-order valence-electron chi connectivity index (χ1n) is 10.6. The summed E-state index contributed by atoms with van der Waals surface area (Å²) in [5.41, 5.74) is 1.11. The highest BCUT2D eigenvalue weighted by molar-refractivity contribution is 7.10.